The molecule has 0 fully saturated rings. The zero-order chi connectivity index (χ0) is 8.85. The van der Waals surface area contributed by atoms with Gasteiger partial charge in [-0.15, -0.1) is 0 Å². The molecule has 11 heavy (non-hydrogen) atoms. The molecule has 0 bridgehead atoms. The fourth-order valence-electron chi connectivity index (χ4n) is 0.661. The van der Waals surface area contributed by atoms with Gasteiger partial charge in [0, 0.05) is 13.3 Å². The van der Waals surface area contributed by atoms with Crippen LogP contribution in [0.25, 0.3) is 0 Å². The highest BCUT2D eigenvalue weighted by atomic mass is 16.4. The standard InChI is InChI=1S/C5H8O2.C2H4O2/c6-4-1-2-5(7)3-4;1-2(3)4/h1-2,4-7H,3H2;1H3,(H,3,4). The molecule has 0 aromatic heterocycles. The Kier molecular flexibility index (Phi) is 4.49. The molecule has 0 saturated heterocycles. The monoisotopic (exact) mass is 160 g/mol. The average molecular weight is 160 g/mol. The van der Waals surface area contributed by atoms with Crippen LogP contribution in [0.4, 0.5) is 0 Å². The van der Waals surface area contributed by atoms with Crippen LogP contribution in [0.15, 0.2) is 12.2 Å². The van der Waals surface area contributed by atoms with E-state index in [2.05, 4.69) is 0 Å². The number of carboxylic acid groups (broad SMARTS) is 1. The number of aliphatic hydroxyl groups excluding tert-OH is 2. The van der Waals surface area contributed by atoms with Gasteiger partial charge in [-0.25, -0.2) is 0 Å². The molecular formula is C7H12O4. The summed E-state index contributed by atoms with van der Waals surface area (Å²) in [5.74, 6) is -0.833. The Balaban J connectivity index is 0.000000218. The van der Waals surface area contributed by atoms with Crippen molar-refractivity contribution in [3.05, 3.63) is 12.2 Å². The summed E-state index contributed by atoms with van der Waals surface area (Å²) in [6.45, 7) is 1.08. The van der Waals surface area contributed by atoms with Crippen LogP contribution in [0.2, 0.25) is 0 Å². The van der Waals surface area contributed by atoms with Crippen molar-refractivity contribution in [3.8, 4) is 0 Å². The van der Waals surface area contributed by atoms with Crippen molar-refractivity contribution in [3.63, 3.8) is 0 Å². The van der Waals surface area contributed by atoms with Crippen LogP contribution in [-0.2, 0) is 4.79 Å². The van der Waals surface area contributed by atoms with Crippen molar-refractivity contribution in [2.24, 2.45) is 0 Å². The second-order valence-electron chi connectivity index (χ2n) is 2.27. The number of carbonyl (C=O) groups is 1. The van der Waals surface area contributed by atoms with Gasteiger partial charge in [-0.05, 0) is 0 Å². The lowest BCUT2D eigenvalue weighted by atomic mass is 10.3. The van der Waals surface area contributed by atoms with Crippen LogP contribution in [0.3, 0.4) is 0 Å². The predicted molar refractivity (Wildman–Crippen MR) is 39.1 cm³/mol. The van der Waals surface area contributed by atoms with E-state index < -0.39 is 18.2 Å². The minimum Gasteiger partial charge on any atom is -0.481 e. The van der Waals surface area contributed by atoms with Gasteiger partial charge in [0.1, 0.15) is 0 Å². The molecule has 3 N–H and O–H groups in total. The van der Waals surface area contributed by atoms with Crippen LogP contribution >= 0.6 is 0 Å². The van der Waals surface area contributed by atoms with E-state index in [1.54, 1.807) is 12.2 Å². The molecule has 1 aliphatic rings. The topological polar surface area (TPSA) is 77.8 Å². The molecule has 0 heterocycles. The molecule has 0 saturated carbocycles. The summed E-state index contributed by atoms with van der Waals surface area (Å²) in [5.41, 5.74) is 0. The average Bonchev–Trinajstić information content (AvgIpc) is 2.13. The molecule has 0 amide bonds. The molecule has 0 aliphatic heterocycles. The Hall–Kier alpha value is -0.870. The number of hydrogen-bond donors (Lipinski definition) is 3. The van der Waals surface area contributed by atoms with Crippen LogP contribution in [0, 0.1) is 0 Å². The molecule has 2 atom stereocenters. The number of rotatable bonds is 0. The summed E-state index contributed by atoms with van der Waals surface area (Å²) in [7, 11) is 0. The molecule has 2 unspecified atom stereocenters. The quantitative estimate of drug-likeness (QED) is 0.427. The summed E-state index contributed by atoms with van der Waals surface area (Å²) >= 11 is 0. The second-order valence-corrected chi connectivity index (χ2v) is 2.27. The first-order valence-electron chi connectivity index (χ1n) is 3.26. The summed E-state index contributed by atoms with van der Waals surface area (Å²) in [5, 5.41) is 24.7. The molecule has 4 heteroatoms. The summed E-state index contributed by atoms with van der Waals surface area (Å²) < 4.78 is 0. The summed E-state index contributed by atoms with van der Waals surface area (Å²) in [4.78, 5) is 9.00. The third kappa shape index (κ3) is 7.02. The fourth-order valence-corrected chi connectivity index (χ4v) is 0.661. The maximum atomic E-state index is 9.00. The number of aliphatic carboxylic acids is 1. The highest BCUT2D eigenvalue weighted by molar-refractivity contribution is 5.62. The summed E-state index contributed by atoms with van der Waals surface area (Å²) in [6.07, 6.45) is 2.86. The van der Waals surface area contributed by atoms with Gasteiger partial charge in [-0.2, -0.15) is 0 Å². The molecule has 0 aromatic carbocycles. The van der Waals surface area contributed by atoms with Gasteiger partial charge in [-0.3, -0.25) is 4.79 Å². The van der Waals surface area contributed by atoms with Crippen molar-refractivity contribution in [1.29, 1.82) is 0 Å². The smallest absolute Gasteiger partial charge is 0.300 e. The zero-order valence-electron chi connectivity index (χ0n) is 6.27. The second kappa shape index (κ2) is 4.87. The van der Waals surface area contributed by atoms with E-state index in [1.807, 2.05) is 0 Å². The van der Waals surface area contributed by atoms with Crippen molar-refractivity contribution >= 4 is 5.97 Å². The molecular weight excluding hydrogens is 148 g/mol. The van der Waals surface area contributed by atoms with E-state index in [4.69, 9.17) is 20.1 Å². The van der Waals surface area contributed by atoms with Gasteiger partial charge in [-0.1, -0.05) is 12.2 Å². The van der Waals surface area contributed by atoms with Crippen LogP contribution in [-0.4, -0.2) is 33.5 Å². The lowest BCUT2D eigenvalue weighted by Crippen LogP contribution is -2.04. The number of hydrogen-bond acceptors (Lipinski definition) is 3. The SMILES string of the molecule is CC(=O)O.OC1C=CC(O)C1. The zero-order valence-corrected chi connectivity index (χ0v) is 6.27. The van der Waals surface area contributed by atoms with Crippen molar-refractivity contribution in [1.82, 2.24) is 0 Å². The normalized spacial score (nSPS) is 27.5. The maximum absolute atomic E-state index is 9.00. The largest absolute Gasteiger partial charge is 0.481 e. The molecule has 0 radical (unpaired) electrons. The highest BCUT2D eigenvalue weighted by Crippen LogP contribution is 2.08. The van der Waals surface area contributed by atoms with E-state index >= 15 is 0 Å². The predicted octanol–water partition coefficient (Wildman–Crippen LogP) is -0.241. The Labute approximate surface area is 64.8 Å². The minimum absolute atomic E-state index is 0.407. The van der Waals surface area contributed by atoms with E-state index in [-0.39, 0.29) is 0 Å². The van der Waals surface area contributed by atoms with Gasteiger partial charge in [0.15, 0.2) is 0 Å². The third-order valence-electron chi connectivity index (χ3n) is 1.04. The van der Waals surface area contributed by atoms with Crippen LogP contribution < -0.4 is 0 Å². The third-order valence-corrected chi connectivity index (χ3v) is 1.04. The first-order chi connectivity index (χ1) is 5.02. The maximum Gasteiger partial charge on any atom is 0.300 e. The number of aliphatic hydroxyl groups is 2. The van der Waals surface area contributed by atoms with E-state index in [0.717, 1.165) is 6.92 Å². The Morgan fingerprint density at radius 1 is 1.36 bits per heavy atom. The molecule has 4 nitrogen and oxygen atoms in total. The van der Waals surface area contributed by atoms with E-state index in [9.17, 15) is 0 Å². The molecule has 1 aliphatic carbocycles. The van der Waals surface area contributed by atoms with Crippen molar-refractivity contribution in [2.45, 2.75) is 25.6 Å². The van der Waals surface area contributed by atoms with Gasteiger partial charge in [0.05, 0.1) is 12.2 Å². The first-order valence-corrected chi connectivity index (χ1v) is 3.26. The number of carboxylic acids is 1. The highest BCUT2D eigenvalue weighted by Gasteiger charge is 2.11. The van der Waals surface area contributed by atoms with Crippen molar-refractivity contribution < 1.29 is 20.1 Å². The lowest BCUT2D eigenvalue weighted by molar-refractivity contribution is -0.134. The Morgan fingerprint density at radius 2 is 1.64 bits per heavy atom. The van der Waals surface area contributed by atoms with Crippen LogP contribution in [0.1, 0.15) is 13.3 Å². The van der Waals surface area contributed by atoms with Gasteiger partial charge >= 0.3 is 0 Å². The lowest BCUT2D eigenvalue weighted by Gasteiger charge is -1.96. The van der Waals surface area contributed by atoms with E-state index in [0.29, 0.717) is 6.42 Å². The molecule has 1 rings (SSSR count). The van der Waals surface area contributed by atoms with Crippen LogP contribution in [0.5, 0.6) is 0 Å². The van der Waals surface area contributed by atoms with Crippen molar-refractivity contribution in [2.75, 3.05) is 0 Å². The Morgan fingerprint density at radius 3 is 1.73 bits per heavy atom. The van der Waals surface area contributed by atoms with Gasteiger partial charge in [0.25, 0.3) is 5.97 Å². The molecule has 0 aromatic rings. The Bertz CT molecular complexity index is 139. The molecule has 0 spiro atoms. The van der Waals surface area contributed by atoms with Gasteiger partial charge < -0.3 is 15.3 Å². The van der Waals surface area contributed by atoms with E-state index in [1.165, 1.54) is 0 Å². The fraction of sp³-hybridized carbons (Fsp3) is 0.571. The molecule has 64 valence electrons. The first kappa shape index (κ1) is 10.1. The van der Waals surface area contributed by atoms with Gasteiger partial charge in [0.2, 0.25) is 0 Å². The summed E-state index contributed by atoms with van der Waals surface area (Å²) in [6, 6.07) is 0. The minimum atomic E-state index is -0.833.